The van der Waals surface area contributed by atoms with Crippen LogP contribution in [0.4, 0.5) is 0 Å². The molecule has 0 unspecified atom stereocenters. The van der Waals surface area contributed by atoms with Gasteiger partial charge in [-0.3, -0.25) is 14.7 Å². The third-order valence-corrected chi connectivity index (χ3v) is 5.85. The lowest BCUT2D eigenvalue weighted by Crippen LogP contribution is -2.41. The summed E-state index contributed by atoms with van der Waals surface area (Å²) in [4.78, 5) is 23.0. The molecule has 1 saturated carbocycles. The average Bonchev–Trinajstić information content (AvgIpc) is 2.88. The number of carbonyl (C=O) groups excluding carboxylic acids is 1. The molecule has 6 nitrogen and oxygen atoms in total. The van der Waals surface area contributed by atoms with E-state index in [9.17, 15) is 4.79 Å². The summed E-state index contributed by atoms with van der Waals surface area (Å²) < 4.78 is 0. The van der Waals surface area contributed by atoms with Crippen LogP contribution in [0, 0.1) is 11.3 Å². The van der Waals surface area contributed by atoms with E-state index in [0.717, 1.165) is 31.1 Å². The fraction of sp³-hybridized carbons (Fsp3) is 0.455. The highest BCUT2D eigenvalue weighted by atomic mass is 16.1. The topological polar surface area (TPSA) is 81.9 Å². The summed E-state index contributed by atoms with van der Waals surface area (Å²) in [5.41, 5.74) is 5.23. The molecular weight excluding hydrogens is 350 g/mol. The minimum absolute atomic E-state index is 0.0322. The van der Waals surface area contributed by atoms with Gasteiger partial charge in [-0.2, -0.15) is 5.26 Å². The van der Waals surface area contributed by atoms with E-state index in [1.807, 2.05) is 6.07 Å². The largest absolute Gasteiger partial charge is 0.338 e. The molecule has 0 spiro atoms. The molecule has 2 aromatic rings. The Balaban J connectivity index is 1.40. The van der Waals surface area contributed by atoms with Crippen molar-refractivity contribution in [3.63, 3.8) is 0 Å². The van der Waals surface area contributed by atoms with Gasteiger partial charge in [0.15, 0.2) is 0 Å². The first-order valence-corrected chi connectivity index (χ1v) is 10.0. The molecule has 2 aliphatic rings. The highest BCUT2D eigenvalue weighted by molar-refractivity contribution is 5.92. The van der Waals surface area contributed by atoms with Gasteiger partial charge >= 0.3 is 0 Å². The van der Waals surface area contributed by atoms with Crippen LogP contribution in [0.25, 0.3) is 0 Å². The average molecular weight is 375 g/mol. The molecule has 4 rings (SSSR count). The summed E-state index contributed by atoms with van der Waals surface area (Å²) in [6.07, 6.45) is 10.2. The summed E-state index contributed by atoms with van der Waals surface area (Å²) >= 11 is 0. The van der Waals surface area contributed by atoms with Crippen molar-refractivity contribution in [3.8, 4) is 6.07 Å². The normalized spacial score (nSPS) is 17.1. The van der Waals surface area contributed by atoms with Crippen molar-refractivity contribution in [2.24, 2.45) is 0 Å². The standard InChI is InChI=1S/C22H25N5O/c23-8-9-24-22(28)21-15-25-19(14-26-21)13-16-4-5-17-6-10-27(20-2-1-3-20)11-7-18(17)12-16/h4-5,12,14-15,20H,1-3,6-7,9-11,13H2,(H,24,28). The van der Waals surface area contributed by atoms with Crippen LogP contribution in [0.5, 0.6) is 0 Å². The fourth-order valence-electron chi connectivity index (χ4n) is 4.01. The second-order valence-electron chi connectivity index (χ2n) is 7.63. The van der Waals surface area contributed by atoms with E-state index in [1.165, 1.54) is 48.7 Å². The Bertz CT molecular complexity index is 883. The van der Waals surface area contributed by atoms with E-state index < -0.39 is 0 Å². The Morgan fingerprint density at radius 1 is 1.18 bits per heavy atom. The van der Waals surface area contributed by atoms with Gasteiger partial charge in [0.05, 0.1) is 18.0 Å². The Morgan fingerprint density at radius 2 is 2.00 bits per heavy atom. The third-order valence-electron chi connectivity index (χ3n) is 5.85. The number of aromatic nitrogens is 2. The Hall–Kier alpha value is -2.78. The van der Waals surface area contributed by atoms with Gasteiger partial charge < -0.3 is 5.32 Å². The molecule has 1 aliphatic carbocycles. The van der Waals surface area contributed by atoms with Gasteiger partial charge in [0.25, 0.3) is 5.91 Å². The molecule has 1 aromatic carbocycles. The van der Waals surface area contributed by atoms with Crippen molar-refractivity contribution in [2.45, 2.75) is 44.6 Å². The fourth-order valence-corrected chi connectivity index (χ4v) is 4.01. The molecule has 1 aliphatic heterocycles. The van der Waals surface area contributed by atoms with E-state index in [1.54, 1.807) is 6.20 Å². The van der Waals surface area contributed by atoms with Crippen molar-refractivity contribution in [1.29, 1.82) is 5.26 Å². The number of fused-ring (bicyclic) bond motifs is 1. The second kappa shape index (κ2) is 8.49. The quantitative estimate of drug-likeness (QED) is 0.811. The number of rotatable bonds is 5. The Morgan fingerprint density at radius 3 is 2.68 bits per heavy atom. The van der Waals surface area contributed by atoms with Gasteiger partial charge in [0.1, 0.15) is 12.2 Å². The van der Waals surface area contributed by atoms with Crippen LogP contribution in [0.1, 0.15) is 52.1 Å². The number of nitrogens with one attached hydrogen (secondary N) is 1. The zero-order valence-electron chi connectivity index (χ0n) is 16.0. The molecular formula is C22H25N5O. The lowest BCUT2D eigenvalue weighted by atomic mass is 9.91. The SMILES string of the molecule is N#CCNC(=O)c1cnc(Cc2ccc3c(c2)CCN(C2CCC2)CC3)cn1. The lowest BCUT2D eigenvalue weighted by molar-refractivity contribution is 0.0953. The van der Waals surface area contributed by atoms with Crippen molar-refractivity contribution in [1.82, 2.24) is 20.2 Å². The first-order valence-electron chi connectivity index (χ1n) is 10.0. The monoisotopic (exact) mass is 375 g/mol. The maximum absolute atomic E-state index is 11.8. The van der Waals surface area contributed by atoms with Crippen molar-refractivity contribution in [2.75, 3.05) is 19.6 Å². The molecule has 1 N–H and O–H groups in total. The second-order valence-corrected chi connectivity index (χ2v) is 7.63. The highest BCUT2D eigenvalue weighted by Gasteiger charge is 2.26. The van der Waals surface area contributed by atoms with Gasteiger partial charge in [-0.05, 0) is 42.4 Å². The van der Waals surface area contributed by atoms with Crippen LogP contribution < -0.4 is 5.32 Å². The van der Waals surface area contributed by atoms with Gasteiger partial charge in [-0.1, -0.05) is 24.6 Å². The van der Waals surface area contributed by atoms with Gasteiger partial charge in [-0.15, -0.1) is 0 Å². The van der Waals surface area contributed by atoms with E-state index in [0.29, 0.717) is 6.42 Å². The molecule has 0 atom stereocenters. The number of hydrogen-bond donors (Lipinski definition) is 1. The predicted octanol–water partition coefficient (Wildman–Crippen LogP) is 2.27. The predicted molar refractivity (Wildman–Crippen MR) is 106 cm³/mol. The number of benzene rings is 1. The summed E-state index contributed by atoms with van der Waals surface area (Å²) in [6, 6.07) is 9.46. The highest BCUT2D eigenvalue weighted by Crippen LogP contribution is 2.27. The van der Waals surface area contributed by atoms with Crippen molar-refractivity contribution < 1.29 is 4.79 Å². The van der Waals surface area contributed by atoms with Crippen LogP contribution in [0.2, 0.25) is 0 Å². The molecule has 28 heavy (non-hydrogen) atoms. The Labute approximate surface area is 165 Å². The first-order chi connectivity index (χ1) is 13.7. The van der Waals surface area contributed by atoms with Gasteiger partial charge in [-0.25, -0.2) is 4.98 Å². The third kappa shape index (κ3) is 4.20. The van der Waals surface area contributed by atoms with E-state index >= 15 is 0 Å². The number of hydrogen-bond acceptors (Lipinski definition) is 5. The lowest BCUT2D eigenvalue weighted by Gasteiger charge is -2.36. The molecule has 1 amide bonds. The summed E-state index contributed by atoms with van der Waals surface area (Å²) in [5.74, 6) is -0.373. The van der Waals surface area contributed by atoms with Gasteiger partial charge in [0, 0.05) is 31.7 Å². The minimum Gasteiger partial charge on any atom is -0.338 e. The minimum atomic E-state index is -0.373. The number of nitriles is 1. The smallest absolute Gasteiger partial charge is 0.272 e. The molecule has 0 bridgehead atoms. The summed E-state index contributed by atoms with van der Waals surface area (Å²) in [6.45, 7) is 2.31. The molecule has 0 saturated heterocycles. The van der Waals surface area contributed by atoms with Crippen LogP contribution in [-0.4, -0.2) is 46.5 Å². The van der Waals surface area contributed by atoms with Gasteiger partial charge in [0.2, 0.25) is 0 Å². The van der Waals surface area contributed by atoms with E-state index in [2.05, 4.69) is 38.4 Å². The molecule has 1 fully saturated rings. The summed E-state index contributed by atoms with van der Waals surface area (Å²) in [7, 11) is 0. The maximum atomic E-state index is 11.8. The molecule has 144 valence electrons. The van der Waals surface area contributed by atoms with Crippen molar-refractivity contribution in [3.05, 3.63) is 58.7 Å². The molecule has 2 heterocycles. The molecule has 1 aromatic heterocycles. The summed E-state index contributed by atoms with van der Waals surface area (Å²) in [5, 5.41) is 11.0. The van der Waals surface area contributed by atoms with Crippen molar-refractivity contribution >= 4 is 5.91 Å². The molecule has 6 heteroatoms. The number of nitrogens with zero attached hydrogens (tertiary/aromatic N) is 4. The molecule has 0 radical (unpaired) electrons. The zero-order chi connectivity index (χ0) is 19.3. The van der Waals surface area contributed by atoms with E-state index in [4.69, 9.17) is 5.26 Å². The Kier molecular flexibility index (Phi) is 5.63. The van der Waals surface area contributed by atoms with Crippen LogP contribution in [0.3, 0.4) is 0 Å². The van der Waals surface area contributed by atoms with E-state index in [-0.39, 0.29) is 18.1 Å². The van der Waals surface area contributed by atoms with Crippen LogP contribution in [-0.2, 0) is 19.3 Å². The first kappa shape index (κ1) is 18.6. The maximum Gasteiger partial charge on any atom is 0.272 e. The number of carbonyl (C=O) groups is 1. The van der Waals surface area contributed by atoms with Crippen LogP contribution in [0.15, 0.2) is 30.6 Å². The zero-order valence-corrected chi connectivity index (χ0v) is 16.0. The number of amides is 1. The van der Waals surface area contributed by atoms with Crippen LogP contribution >= 0.6 is 0 Å².